The normalized spacial score (nSPS) is 13.5. The van der Waals surface area contributed by atoms with Gasteiger partial charge in [-0.25, -0.2) is 4.98 Å². The Balaban J connectivity index is 2.00. The summed E-state index contributed by atoms with van der Waals surface area (Å²) in [5, 5.41) is 3.05. The second-order valence-electron chi connectivity index (χ2n) is 4.60. The molecule has 2 heterocycles. The summed E-state index contributed by atoms with van der Waals surface area (Å²) in [6.45, 7) is 1.19. The molecule has 0 saturated carbocycles. The molecular weight excluding hydrogens is 255 g/mol. The zero-order chi connectivity index (χ0) is 13.6. The van der Waals surface area contributed by atoms with Gasteiger partial charge in [0.05, 0.1) is 0 Å². The van der Waals surface area contributed by atoms with E-state index in [1.807, 2.05) is 25.2 Å². The van der Waals surface area contributed by atoms with Gasteiger partial charge in [-0.05, 0) is 18.2 Å². The van der Waals surface area contributed by atoms with Crippen LogP contribution in [0.3, 0.4) is 0 Å². The molecule has 0 spiro atoms. The van der Waals surface area contributed by atoms with Crippen LogP contribution in [0.4, 0.5) is 13.2 Å². The van der Waals surface area contributed by atoms with E-state index in [2.05, 4.69) is 10.3 Å². The lowest BCUT2D eigenvalue weighted by atomic mass is 10.1. The summed E-state index contributed by atoms with van der Waals surface area (Å²) >= 11 is 0. The van der Waals surface area contributed by atoms with Crippen LogP contribution in [-0.2, 0) is 19.3 Å². The number of hydrogen-bond acceptors (Lipinski definition) is 2. The molecule has 1 aliphatic rings. The topological polar surface area (TPSA) is 29.9 Å². The Kier molecular flexibility index (Phi) is 2.63. The number of benzene rings is 1. The van der Waals surface area contributed by atoms with E-state index < -0.39 is 11.9 Å². The number of fused-ring (bicyclic) bond motifs is 3. The van der Waals surface area contributed by atoms with Gasteiger partial charge < -0.3 is 9.88 Å². The van der Waals surface area contributed by atoms with Gasteiger partial charge >= 0.3 is 6.18 Å². The van der Waals surface area contributed by atoms with E-state index in [4.69, 9.17) is 0 Å². The van der Waals surface area contributed by atoms with Crippen LogP contribution in [0.2, 0.25) is 0 Å². The van der Waals surface area contributed by atoms with Gasteiger partial charge in [0.25, 0.3) is 0 Å². The van der Waals surface area contributed by atoms with Crippen LogP contribution in [0.25, 0.3) is 11.4 Å². The molecule has 1 aromatic carbocycles. The van der Waals surface area contributed by atoms with Gasteiger partial charge in [-0.3, -0.25) is 0 Å². The quantitative estimate of drug-likeness (QED) is 0.773. The third-order valence-corrected chi connectivity index (χ3v) is 3.20. The fourth-order valence-corrected chi connectivity index (χ4v) is 2.38. The van der Waals surface area contributed by atoms with Crippen molar-refractivity contribution in [2.24, 2.45) is 0 Å². The summed E-state index contributed by atoms with van der Waals surface area (Å²) in [7, 11) is 1.86. The monoisotopic (exact) mass is 267 g/mol. The molecule has 100 valence electrons. The minimum absolute atomic E-state index is 0.401. The van der Waals surface area contributed by atoms with Crippen molar-refractivity contribution in [1.82, 2.24) is 14.9 Å². The molecule has 19 heavy (non-hydrogen) atoms. The highest BCUT2D eigenvalue weighted by Gasteiger charge is 2.36. The molecule has 0 bridgehead atoms. The van der Waals surface area contributed by atoms with E-state index in [9.17, 15) is 13.2 Å². The van der Waals surface area contributed by atoms with Crippen molar-refractivity contribution >= 4 is 0 Å². The van der Waals surface area contributed by atoms with Gasteiger partial charge in [0.2, 0.25) is 0 Å². The maximum Gasteiger partial charge on any atom is 0.434 e. The van der Waals surface area contributed by atoms with Crippen molar-refractivity contribution in [3.05, 3.63) is 41.2 Å². The van der Waals surface area contributed by atoms with Gasteiger partial charge in [0, 0.05) is 24.8 Å². The molecule has 3 nitrogen and oxygen atoms in total. The Morgan fingerprint density at radius 2 is 2.16 bits per heavy atom. The lowest BCUT2D eigenvalue weighted by Crippen LogP contribution is -2.06. The minimum Gasteiger partial charge on any atom is -0.326 e. The summed E-state index contributed by atoms with van der Waals surface area (Å²) in [6, 6.07) is 5.76. The van der Waals surface area contributed by atoms with E-state index in [1.54, 1.807) is 4.57 Å². The molecule has 2 aromatic rings. The van der Waals surface area contributed by atoms with E-state index in [0.717, 1.165) is 29.4 Å². The summed E-state index contributed by atoms with van der Waals surface area (Å²) < 4.78 is 39.3. The van der Waals surface area contributed by atoms with Crippen molar-refractivity contribution in [2.75, 3.05) is 7.05 Å². The number of halogens is 3. The number of aromatic nitrogens is 2. The van der Waals surface area contributed by atoms with E-state index in [-0.39, 0.29) is 0 Å². The van der Waals surface area contributed by atoms with Gasteiger partial charge in [-0.1, -0.05) is 18.2 Å². The van der Waals surface area contributed by atoms with Crippen LogP contribution in [0.5, 0.6) is 0 Å². The van der Waals surface area contributed by atoms with Crippen LogP contribution in [0.15, 0.2) is 24.4 Å². The summed E-state index contributed by atoms with van der Waals surface area (Å²) in [5.41, 5.74) is 2.09. The Bertz CT molecular complexity index is 629. The summed E-state index contributed by atoms with van der Waals surface area (Å²) in [6.07, 6.45) is -3.31. The number of alkyl halides is 3. The third-order valence-electron chi connectivity index (χ3n) is 3.20. The molecule has 0 aliphatic carbocycles. The Morgan fingerprint density at radius 3 is 2.84 bits per heavy atom. The minimum atomic E-state index is -4.39. The molecule has 1 aliphatic heterocycles. The molecule has 3 rings (SSSR count). The predicted molar refractivity (Wildman–Crippen MR) is 64.5 cm³/mol. The lowest BCUT2D eigenvalue weighted by Gasteiger charge is -2.04. The SMILES string of the molecule is CNCc1ccc2c(c1)Cn1cc(C(F)(F)F)nc1-2. The van der Waals surface area contributed by atoms with Crippen molar-refractivity contribution in [3.8, 4) is 11.4 Å². The Hall–Kier alpha value is -1.82. The lowest BCUT2D eigenvalue weighted by molar-refractivity contribution is -0.140. The molecule has 0 saturated heterocycles. The van der Waals surface area contributed by atoms with Crippen molar-refractivity contribution < 1.29 is 13.2 Å². The van der Waals surface area contributed by atoms with Crippen LogP contribution in [-0.4, -0.2) is 16.6 Å². The maximum atomic E-state index is 12.6. The van der Waals surface area contributed by atoms with E-state index in [1.165, 1.54) is 0 Å². The third kappa shape index (κ3) is 2.02. The Morgan fingerprint density at radius 1 is 1.37 bits per heavy atom. The zero-order valence-corrected chi connectivity index (χ0v) is 10.3. The maximum absolute atomic E-state index is 12.6. The Labute approximate surface area is 108 Å². The number of nitrogens with zero attached hydrogens (tertiary/aromatic N) is 2. The number of imidazole rings is 1. The molecule has 0 fully saturated rings. The highest BCUT2D eigenvalue weighted by molar-refractivity contribution is 5.66. The molecule has 0 atom stereocenters. The average Bonchev–Trinajstić information content (AvgIpc) is 2.85. The fraction of sp³-hybridized carbons (Fsp3) is 0.308. The standard InChI is InChI=1S/C13H12F3N3/c1-17-5-8-2-3-10-9(4-8)6-19-7-11(13(14,15)16)18-12(10)19/h2-4,7,17H,5-6H2,1H3. The zero-order valence-electron chi connectivity index (χ0n) is 10.3. The van der Waals surface area contributed by atoms with Crippen LogP contribution in [0.1, 0.15) is 16.8 Å². The first-order valence-corrected chi connectivity index (χ1v) is 5.90. The van der Waals surface area contributed by atoms with Crippen LogP contribution >= 0.6 is 0 Å². The molecule has 0 amide bonds. The molecular formula is C13H12F3N3. The van der Waals surface area contributed by atoms with Crippen LogP contribution in [0, 0.1) is 0 Å². The summed E-state index contributed by atoms with van der Waals surface area (Å²) in [5.74, 6) is 0.401. The van der Waals surface area contributed by atoms with Crippen molar-refractivity contribution in [2.45, 2.75) is 19.3 Å². The van der Waals surface area contributed by atoms with Crippen molar-refractivity contribution in [1.29, 1.82) is 0 Å². The molecule has 1 aromatic heterocycles. The smallest absolute Gasteiger partial charge is 0.326 e. The van der Waals surface area contributed by atoms with E-state index >= 15 is 0 Å². The van der Waals surface area contributed by atoms with Crippen molar-refractivity contribution in [3.63, 3.8) is 0 Å². The highest BCUT2D eigenvalue weighted by atomic mass is 19.4. The van der Waals surface area contributed by atoms with E-state index in [0.29, 0.717) is 12.4 Å². The fourth-order valence-electron chi connectivity index (χ4n) is 2.38. The average molecular weight is 267 g/mol. The molecule has 1 N–H and O–H groups in total. The van der Waals surface area contributed by atoms with Gasteiger partial charge in [-0.2, -0.15) is 13.2 Å². The largest absolute Gasteiger partial charge is 0.434 e. The van der Waals surface area contributed by atoms with Gasteiger partial charge in [-0.15, -0.1) is 0 Å². The first-order valence-electron chi connectivity index (χ1n) is 5.90. The first-order chi connectivity index (χ1) is 8.99. The molecule has 0 unspecified atom stereocenters. The van der Waals surface area contributed by atoms with Gasteiger partial charge in [0.1, 0.15) is 5.82 Å². The number of rotatable bonds is 2. The molecule has 6 heteroatoms. The van der Waals surface area contributed by atoms with Crippen LogP contribution < -0.4 is 5.32 Å². The predicted octanol–water partition coefficient (Wildman–Crippen LogP) is 2.65. The second-order valence-corrected chi connectivity index (χ2v) is 4.60. The van der Waals surface area contributed by atoms with Gasteiger partial charge in [0.15, 0.2) is 5.69 Å². The number of nitrogens with one attached hydrogen (secondary N) is 1. The first kappa shape index (κ1) is 12.2. The summed E-state index contributed by atoms with van der Waals surface area (Å²) in [4.78, 5) is 3.70. The number of hydrogen-bond donors (Lipinski definition) is 1. The second kappa shape index (κ2) is 4.09. The highest BCUT2D eigenvalue weighted by Crippen LogP contribution is 2.36. The molecule has 0 radical (unpaired) electrons.